The van der Waals surface area contributed by atoms with E-state index >= 15 is 0 Å². The molecule has 1 aromatic carbocycles. The zero-order valence-corrected chi connectivity index (χ0v) is 22.3. The zero-order valence-electron chi connectivity index (χ0n) is 22.3. The number of unbranched alkanes of at least 4 members (excludes halogenated alkanes) is 1. The van der Waals surface area contributed by atoms with Crippen LogP contribution in [0.15, 0.2) is 30.3 Å². The monoisotopic (exact) mass is 513 g/mol. The highest BCUT2D eigenvalue weighted by molar-refractivity contribution is 6.48. The lowest BCUT2D eigenvalue weighted by atomic mass is 9.43. The number of hydrogen-bond donors (Lipinski definition) is 4. The standard InChI is InChI=1S/C27H40BN3O6/c1-17(32)30-20(12-8-9-13-29-25(34)35)24(33)31-23(14-18-10-6-5-7-11-18)28-36-22-16-19-15-21(26(19,2)3)27(22,4)37-28/h5-7,10-11,19-23,29H,8-9,12-16H2,1-4H3,(H,30,32)(H,31,33)(H,34,35)/t19-,20?,21-,22+,23?,27-/m0/s1. The van der Waals surface area contributed by atoms with Crippen molar-refractivity contribution in [1.29, 1.82) is 0 Å². The molecule has 0 radical (unpaired) electrons. The molecule has 202 valence electrons. The zero-order chi connectivity index (χ0) is 26.8. The molecule has 9 nitrogen and oxygen atoms in total. The first-order chi connectivity index (χ1) is 17.5. The maximum Gasteiger partial charge on any atom is 0.482 e. The molecule has 6 atom stereocenters. The molecule has 3 saturated carbocycles. The van der Waals surface area contributed by atoms with Gasteiger partial charge in [-0.25, -0.2) is 4.79 Å². The van der Waals surface area contributed by atoms with Crippen LogP contribution in [0, 0.1) is 17.3 Å². The molecule has 1 aliphatic heterocycles. The van der Waals surface area contributed by atoms with Crippen molar-refractivity contribution in [2.24, 2.45) is 17.3 Å². The van der Waals surface area contributed by atoms with Crippen LogP contribution in [0.2, 0.25) is 0 Å². The molecule has 4 fully saturated rings. The number of carbonyl (C=O) groups excluding carboxylic acids is 2. The van der Waals surface area contributed by atoms with Crippen molar-refractivity contribution in [2.75, 3.05) is 6.54 Å². The lowest BCUT2D eigenvalue weighted by Gasteiger charge is -2.64. The Labute approximate surface area is 219 Å². The third kappa shape index (κ3) is 5.96. The molecule has 4 N–H and O–H groups in total. The van der Waals surface area contributed by atoms with Gasteiger partial charge in [0.15, 0.2) is 0 Å². The predicted molar refractivity (Wildman–Crippen MR) is 140 cm³/mol. The van der Waals surface area contributed by atoms with Crippen LogP contribution in [0.25, 0.3) is 0 Å². The van der Waals surface area contributed by atoms with E-state index in [2.05, 4.69) is 36.7 Å². The van der Waals surface area contributed by atoms with Crippen LogP contribution in [0.5, 0.6) is 0 Å². The molecule has 4 aliphatic rings. The highest BCUT2D eigenvalue weighted by Crippen LogP contribution is 2.65. The average molecular weight is 513 g/mol. The van der Waals surface area contributed by atoms with Crippen LogP contribution in [-0.4, -0.2) is 60.4 Å². The lowest BCUT2D eigenvalue weighted by molar-refractivity contribution is -0.199. The molecule has 1 heterocycles. The van der Waals surface area contributed by atoms with Gasteiger partial charge in [0, 0.05) is 13.5 Å². The van der Waals surface area contributed by atoms with Crippen LogP contribution in [0.4, 0.5) is 4.79 Å². The van der Waals surface area contributed by atoms with Gasteiger partial charge in [-0.1, -0.05) is 44.2 Å². The van der Waals surface area contributed by atoms with E-state index in [1.165, 1.54) is 6.92 Å². The van der Waals surface area contributed by atoms with Crippen LogP contribution in [0.3, 0.4) is 0 Å². The van der Waals surface area contributed by atoms with Crippen molar-refractivity contribution in [3.05, 3.63) is 35.9 Å². The summed E-state index contributed by atoms with van der Waals surface area (Å²) in [5.41, 5.74) is 0.880. The topological polar surface area (TPSA) is 126 Å². The van der Waals surface area contributed by atoms with Crippen molar-refractivity contribution in [1.82, 2.24) is 16.0 Å². The van der Waals surface area contributed by atoms with Crippen molar-refractivity contribution < 1.29 is 28.8 Å². The van der Waals surface area contributed by atoms with Crippen LogP contribution in [-0.2, 0) is 25.3 Å². The van der Waals surface area contributed by atoms with E-state index in [9.17, 15) is 14.4 Å². The second-order valence-corrected chi connectivity index (χ2v) is 11.6. The molecule has 5 rings (SSSR count). The third-order valence-electron chi connectivity index (χ3n) is 8.81. The molecule has 3 amide bonds. The number of carboxylic acid groups (broad SMARTS) is 1. The van der Waals surface area contributed by atoms with E-state index in [1.807, 2.05) is 30.3 Å². The van der Waals surface area contributed by atoms with Crippen molar-refractivity contribution in [3.8, 4) is 0 Å². The minimum absolute atomic E-state index is 0.00247. The fraction of sp³-hybridized carbons (Fsp3) is 0.667. The first-order valence-electron chi connectivity index (χ1n) is 13.4. The maximum absolute atomic E-state index is 13.4. The van der Waals surface area contributed by atoms with E-state index in [0.717, 1.165) is 18.4 Å². The van der Waals surface area contributed by atoms with Crippen molar-refractivity contribution in [2.45, 2.75) is 89.9 Å². The molecule has 10 heteroatoms. The SMILES string of the molecule is CC(=O)NC(CCCCNC(=O)O)C(=O)NC(Cc1ccccc1)B1O[C@@H]2C[C@@H]3C[C@@H](C3(C)C)[C@]2(C)O1. The second-order valence-electron chi connectivity index (χ2n) is 11.6. The maximum atomic E-state index is 13.4. The Balaban J connectivity index is 1.46. The van der Waals surface area contributed by atoms with Gasteiger partial charge in [-0.05, 0) is 68.3 Å². The molecular formula is C27H40BN3O6. The average Bonchev–Trinajstić information content (AvgIpc) is 3.20. The summed E-state index contributed by atoms with van der Waals surface area (Å²) in [6.07, 6.45) is 3.10. The molecule has 2 unspecified atom stereocenters. The van der Waals surface area contributed by atoms with Gasteiger partial charge in [-0.15, -0.1) is 0 Å². The third-order valence-corrected chi connectivity index (χ3v) is 8.81. The molecule has 0 aromatic heterocycles. The van der Waals surface area contributed by atoms with Gasteiger partial charge >= 0.3 is 13.2 Å². The van der Waals surface area contributed by atoms with Gasteiger partial charge in [-0.3, -0.25) is 9.59 Å². The summed E-state index contributed by atoms with van der Waals surface area (Å²) in [6.45, 7) is 8.47. The molecule has 2 bridgehead atoms. The summed E-state index contributed by atoms with van der Waals surface area (Å²) in [7, 11) is -0.591. The van der Waals surface area contributed by atoms with Crippen LogP contribution >= 0.6 is 0 Å². The number of rotatable bonds is 11. The number of nitrogens with one attached hydrogen (secondary N) is 3. The van der Waals surface area contributed by atoms with E-state index in [1.54, 1.807) is 0 Å². The van der Waals surface area contributed by atoms with Gasteiger partial charge < -0.3 is 30.4 Å². The quantitative estimate of drug-likeness (QED) is 0.266. The summed E-state index contributed by atoms with van der Waals surface area (Å²) in [6, 6.07) is 9.19. The van der Waals surface area contributed by atoms with Crippen molar-refractivity contribution in [3.63, 3.8) is 0 Å². The molecule has 0 spiro atoms. The Morgan fingerprint density at radius 2 is 1.84 bits per heavy atom. The van der Waals surface area contributed by atoms with E-state index in [4.69, 9.17) is 14.4 Å². The molecular weight excluding hydrogens is 473 g/mol. The minimum Gasteiger partial charge on any atom is -0.465 e. The summed E-state index contributed by atoms with van der Waals surface area (Å²) >= 11 is 0. The molecule has 1 aromatic rings. The number of carbonyl (C=O) groups is 3. The van der Waals surface area contributed by atoms with Crippen LogP contribution < -0.4 is 16.0 Å². The first kappa shape index (κ1) is 27.4. The van der Waals surface area contributed by atoms with Crippen LogP contribution in [0.1, 0.15) is 65.4 Å². The van der Waals surface area contributed by atoms with Gasteiger partial charge in [0.05, 0.1) is 17.6 Å². The fourth-order valence-electron chi connectivity index (χ4n) is 6.62. The number of benzene rings is 1. The summed E-state index contributed by atoms with van der Waals surface area (Å²) < 4.78 is 13.2. The normalized spacial score (nSPS) is 28.9. The predicted octanol–water partition coefficient (Wildman–Crippen LogP) is 2.92. The smallest absolute Gasteiger partial charge is 0.465 e. The lowest BCUT2D eigenvalue weighted by Crippen LogP contribution is -2.65. The largest absolute Gasteiger partial charge is 0.482 e. The first-order valence-corrected chi connectivity index (χ1v) is 13.4. The van der Waals surface area contributed by atoms with Gasteiger partial charge in [0.2, 0.25) is 11.8 Å². The van der Waals surface area contributed by atoms with E-state index < -0.39 is 30.8 Å². The Hall–Kier alpha value is -2.59. The number of hydrogen-bond acceptors (Lipinski definition) is 5. The van der Waals surface area contributed by atoms with Gasteiger partial charge in [0.1, 0.15) is 6.04 Å². The summed E-state index contributed by atoms with van der Waals surface area (Å²) in [5, 5.41) is 16.9. The molecule has 1 saturated heterocycles. The Morgan fingerprint density at radius 3 is 2.49 bits per heavy atom. The minimum atomic E-state index is -1.08. The molecule has 3 aliphatic carbocycles. The van der Waals surface area contributed by atoms with Gasteiger partial charge in [-0.2, -0.15) is 0 Å². The fourth-order valence-corrected chi connectivity index (χ4v) is 6.62. The summed E-state index contributed by atoms with van der Waals surface area (Å²) in [4.78, 5) is 36.0. The Bertz CT molecular complexity index is 992. The summed E-state index contributed by atoms with van der Waals surface area (Å²) in [5.74, 6) is 0.0206. The number of amides is 3. The van der Waals surface area contributed by atoms with E-state index in [0.29, 0.717) is 44.1 Å². The van der Waals surface area contributed by atoms with E-state index in [-0.39, 0.29) is 23.3 Å². The molecule has 37 heavy (non-hydrogen) atoms. The highest BCUT2D eigenvalue weighted by atomic mass is 16.7. The van der Waals surface area contributed by atoms with Gasteiger partial charge in [0.25, 0.3) is 0 Å². The highest BCUT2D eigenvalue weighted by Gasteiger charge is 2.68. The van der Waals surface area contributed by atoms with Crippen molar-refractivity contribution >= 4 is 25.0 Å². The Morgan fingerprint density at radius 1 is 1.11 bits per heavy atom. The Kier molecular flexibility index (Phi) is 8.18. The second kappa shape index (κ2) is 11.0.